The molecule has 135 heavy (non-hydrogen) atoms. The van der Waals surface area contributed by atoms with Crippen LogP contribution in [-0.2, 0) is 58.9 Å². The summed E-state index contributed by atoms with van der Waals surface area (Å²) in [6, 6.07) is 33.2. The Hall–Kier alpha value is -13.6. The van der Waals surface area contributed by atoms with Crippen LogP contribution in [0.3, 0.4) is 0 Å². The Morgan fingerprint density at radius 1 is 0.289 bits per heavy atom. The number of nitrogens with zero attached hydrogens (tertiary/aromatic N) is 34. The standard InChI is InChI=1S/C16H16BrN5O.C15H15BrN6O.C15H14BrN5O.C15H15ClN6O.C14H13BrN6O.C14H13ClN6O/c1-10-8-18-15-11(2)21(6-5-20(10)15)16(23)14-7-13-4-3-12(17)9-22(13)19-14;1-9-14-18-17-10(2)21(14)6-5-20(9)15(23)13-7-12-4-3-11(16)8-22(12)19-13;1-10-7-17-14-9-19(4-5-20(10)14)15(22)13-6-12-3-2-11(16)8-21(12)18-13;1-9-14-18-17-10(2)21(14)6-5-20(9)15(23)13-7-12-4-3-11(16)8-22(12)19-13;2*1-9-16-17-13-8-19(4-5-20(9)13)14(22)12-6-11-3-2-10(15)7-21(11)18-12/h3-4,7-9,11H,5-6H2,1-2H3;3-4,7-9H,5-6H2,1-2H3;2-3,6-8H,4-5,9H2,1H3;3-4,7-9H,5-6H2,1-2H3;2*2-3,6-7H,4-5,8H2,1H3. The zero-order valence-corrected chi connectivity index (χ0v) is 82.1. The van der Waals surface area contributed by atoms with Crippen molar-refractivity contribution in [1.29, 1.82) is 0 Å². The summed E-state index contributed by atoms with van der Waals surface area (Å²) in [6.45, 7) is 27.4. The quantitative estimate of drug-likeness (QED) is 0.149. The number of amides is 6. The van der Waals surface area contributed by atoms with Crippen LogP contribution in [0.15, 0.2) is 177 Å². The second-order valence-electron chi connectivity index (χ2n) is 33.2. The molecule has 0 spiro atoms. The van der Waals surface area contributed by atoms with Gasteiger partial charge in [-0.25, -0.2) is 37.1 Å². The van der Waals surface area contributed by atoms with Crippen molar-refractivity contribution < 1.29 is 28.8 Å². The molecule has 0 radical (unpaired) electrons. The Labute approximate surface area is 812 Å². The van der Waals surface area contributed by atoms with Crippen LogP contribution < -0.4 is 0 Å². The predicted octanol–water partition coefficient (Wildman–Crippen LogP) is 12.6. The molecule has 690 valence electrons. The zero-order chi connectivity index (χ0) is 94.2. The van der Waals surface area contributed by atoms with Crippen molar-refractivity contribution >= 4 is 155 Å². The molecule has 0 saturated heterocycles. The highest BCUT2D eigenvalue weighted by atomic mass is 79.9. The Balaban J connectivity index is 0.000000104. The maximum absolute atomic E-state index is 12.9. The van der Waals surface area contributed by atoms with Crippen LogP contribution in [-0.4, -0.2) is 240 Å². The van der Waals surface area contributed by atoms with E-state index in [9.17, 15) is 28.8 Å². The summed E-state index contributed by atoms with van der Waals surface area (Å²) >= 11 is 25.5. The number of fused-ring (bicyclic) bond motifs is 12. The number of aryl methyl sites for hydroxylation is 6. The molecule has 3 atom stereocenters. The van der Waals surface area contributed by atoms with Crippen LogP contribution in [0.2, 0.25) is 10.0 Å². The normalized spacial score (nSPS) is 16.0. The van der Waals surface area contributed by atoms with Crippen molar-refractivity contribution in [3.63, 3.8) is 0 Å². The van der Waals surface area contributed by atoms with Crippen LogP contribution in [0.4, 0.5) is 0 Å². The van der Waals surface area contributed by atoms with E-state index in [0.29, 0.717) is 123 Å². The first-order valence-electron chi connectivity index (χ1n) is 43.3. The zero-order valence-electron chi connectivity index (χ0n) is 74.3. The maximum Gasteiger partial charge on any atom is 0.275 e. The lowest BCUT2D eigenvalue weighted by Crippen LogP contribution is -2.41. The minimum Gasteiger partial charge on any atom is -0.329 e. The third-order valence-electron chi connectivity index (χ3n) is 24.7. The molecule has 6 amide bonds. The summed E-state index contributed by atoms with van der Waals surface area (Å²) < 4.78 is 26.3. The Morgan fingerprint density at radius 2 is 0.563 bits per heavy atom. The van der Waals surface area contributed by atoms with Crippen molar-refractivity contribution in [3.05, 3.63) is 291 Å². The van der Waals surface area contributed by atoms with E-state index >= 15 is 0 Å². The lowest BCUT2D eigenvalue weighted by Gasteiger charge is -2.33. The average molecular weight is 2120 g/mol. The summed E-state index contributed by atoms with van der Waals surface area (Å²) in [6.07, 6.45) is 14.5. The molecule has 0 fully saturated rings. The highest BCUT2D eigenvalue weighted by Gasteiger charge is 2.37. The molecule has 18 aromatic rings. The summed E-state index contributed by atoms with van der Waals surface area (Å²) in [5.74, 6) is 8.21. The highest BCUT2D eigenvalue weighted by Crippen LogP contribution is 2.32. The van der Waals surface area contributed by atoms with Crippen molar-refractivity contribution in [2.24, 2.45) is 0 Å². The Kier molecular flexibility index (Phi) is 25.1. The molecule has 18 aromatic heterocycles. The SMILES string of the molecule is Cc1cnc2n1CCN(C(=O)c1cc3ccc(Br)cn3n1)C2.Cc1cnc2n1CCN(C(=O)c1cc3ccc(Br)cn3n1)C2C.Cc1nnc2n1CCN(C(=O)c1cc3ccc(Br)cn3n1)C2.Cc1nnc2n1CCN(C(=O)c1cc3ccc(Br)cn3n1)C2C.Cc1nnc2n1CCN(C(=O)c1cc3ccc(Cl)cn3n1)C2.Cc1nnc2n1CCN(C(=O)c1cc3ccc(Cl)cn3n1)C2C. The fourth-order valence-corrected chi connectivity index (χ4v) is 19.0. The Bertz CT molecular complexity index is 6990. The molecule has 24 rings (SSSR count). The molecule has 6 aliphatic rings. The van der Waals surface area contributed by atoms with Crippen LogP contribution in [0, 0.1) is 41.5 Å². The van der Waals surface area contributed by atoms with E-state index < -0.39 is 0 Å². The fraction of sp³-hybridized carbons (Fsp3) is 0.303. The molecule has 3 unspecified atom stereocenters. The number of pyridine rings is 6. The van der Waals surface area contributed by atoms with E-state index in [-0.39, 0.29) is 53.6 Å². The number of imidazole rings is 2. The smallest absolute Gasteiger partial charge is 0.275 e. The van der Waals surface area contributed by atoms with E-state index in [1.54, 1.807) is 94.3 Å². The number of carbonyl (C=O) groups excluding carboxylic acids is 6. The van der Waals surface area contributed by atoms with Gasteiger partial charge in [-0.05, 0) is 235 Å². The summed E-state index contributed by atoms with van der Waals surface area (Å²) in [7, 11) is 0. The van der Waals surface area contributed by atoms with Gasteiger partial charge in [0.15, 0.2) is 57.5 Å². The second-order valence-corrected chi connectivity index (χ2v) is 37.7. The third kappa shape index (κ3) is 18.2. The van der Waals surface area contributed by atoms with Gasteiger partial charge in [-0.15, -0.1) is 40.8 Å². The van der Waals surface area contributed by atoms with Gasteiger partial charge in [0, 0.05) is 157 Å². The first kappa shape index (κ1) is 90.6. The fourth-order valence-electron chi connectivity index (χ4n) is 17.4. The van der Waals surface area contributed by atoms with Gasteiger partial charge in [0.25, 0.3) is 35.4 Å². The van der Waals surface area contributed by atoms with Gasteiger partial charge in [0.1, 0.15) is 34.9 Å². The highest BCUT2D eigenvalue weighted by molar-refractivity contribution is 9.11. The van der Waals surface area contributed by atoms with Gasteiger partial charge >= 0.3 is 0 Å². The van der Waals surface area contributed by atoms with E-state index in [0.717, 1.165) is 140 Å². The second kappa shape index (κ2) is 37.4. The van der Waals surface area contributed by atoms with Gasteiger partial charge in [-0.1, -0.05) is 23.2 Å². The van der Waals surface area contributed by atoms with Gasteiger partial charge in [-0.2, -0.15) is 30.6 Å². The van der Waals surface area contributed by atoms with Crippen LogP contribution in [0.5, 0.6) is 0 Å². The molecule has 0 bridgehead atoms. The molecule has 6 aliphatic heterocycles. The van der Waals surface area contributed by atoms with Crippen molar-refractivity contribution in [1.82, 2.24) is 165 Å². The first-order valence-corrected chi connectivity index (χ1v) is 47.2. The molecule has 40 nitrogen and oxygen atoms in total. The lowest BCUT2D eigenvalue weighted by molar-refractivity contribution is 0.0623. The largest absolute Gasteiger partial charge is 0.329 e. The number of aromatic nitrogens is 28. The topological polar surface area (TPSA) is 384 Å². The van der Waals surface area contributed by atoms with Crippen LogP contribution in [0.1, 0.15) is 171 Å². The molecule has 0 N–H and O–H groups in total. The summed E-state index contributed by atoms with van der Waals surface area (Å²) in [5, 5.41) is 60.3. The lowest BCUT2D eigenvalue weighted by atomic mass is 10.2. The molecule has 0 saturated carbocycles. The Morgan fingerprint density at radius 3 is 0.926 bits per heavy atom. The van der Waals surface area contributed by atoms with Crippen LogP contribution in [0.25, 0.3) is 33.1 Å². The molecular weight excluding hydrogens is 2030 g/mol. The van der Waals surface area contributed by atoms with Gasteiger partial charge < -0.3 is 56.8 Å². The summed E-state index contributed by atoms with van der Waals surface area (Å²) in [5.41, 5.74) is 10.2. The number of rotatable bonds is 6. The third-order valence-corrected chi connectivity index (χ3v) is 27.0. The first-order chi connectivity index (χ1) is 65.0. The minimum atomic E-state index is -0.133. The predicted molar refractivity (Wildman–Crippen MR) is 508 cm³/mol. The number of hydrogen-bond acceptors (Lipinski definition) is 22. The van der Waals surface area contributed by atoms with Crippen molar-refractivity contribution in [2.45, 2.75) is 139 Å². The van der Waals surface area contributed by atoms with Crippen molar-refractivity contribution in [3.8, 4) is 0 Å². The maximum atomic E-state index is 12.9. The van der Waals surface area contributed by atoms with E-state index in [1.165, 1.54) is 0 Å². The minimum absolute atomic E-state index is 0.0493. The molecule has 0 aromatic carbocycles. The number of halogens is 6. The molecule has 0 aliphatic carbocycles. The number of hydrogen-bond donors (Lipinski definition) is 0. The molecular formula is C89H86Br4Cl2N34O6. The van der Waals surface area contributed by atoms with Gasteiger partial charge in [0.2, 0.25) is 0 Å². The van der Waals surface area contributed by atoms with Crippen LogP contribution >= 0.6 is 86.9 Å². The van der Waals surface area contributed by atoms with Crippen molar-refractivity contribution in [2.75, 3.05) is 39.3 Å². The van der Waals surface area contributed by atoms with E-state index in [2.05, 4.69) is 163 Å². The average Bonchev–Trinajstić information content (AvgIpc) is 1.65. The monoisotopic (exact) mass is 2110 g/mol. The van der Waals surface area contributed by atoms with E-state index in [4.69, 9.17) is 23.2 Å². The molecule has 46 heteroatoms. The van der Waals surface area contributed by atoms with E-state index in [1.807, 2.05) is 192 Å². The number of carbonyl (C=O) groups is 6. The van der Waals surface area contributed by atoms with Gasteiger partial charge in [0.05, 0.1) is 80.9 Å². The summed E-state index contributed by atoms with van der Waals surface area (Å²) in [4.78, 5) is 96.1. The molecule has 24 heterocycles. The van der Waals surface area contributed by atoms with Gasteiger partial charge in [-0.3, -0.25) is 28.8 Å².